The Morgan fingerprint density at radius 2 is 0.897 bits per heavy atom. The third-order valence-corrected chi connectivity index (χ3v) is 7.87. The molecule has 0 saturated heterocycles. The first-order chi connectivity index (χ1) is 27.7. The van der Waals surface area contributed by atoms with E-state index in [1.807, 2.05) is 19.1 Å². The molecule has 0 bridgehead atoms. The maximum atomic E-state index is 12.6. The SMILES string of the molecule is C=C(F)C(=O)OCOC(=O)Oc1ccc(C=CC(=O)Oc2ccc3c(c2)C(C)c2cc(OC(=O)C=Cc4ccc(OC(=O)OCOC(=O)C(=C)F)cc4)ccc2-3)cc1. The number of fused-ring (bicyclic) bond motifs is 3. The van der Waals surface area contributed by atoms with Crippen molar-refractivity contribution in [2.24, 2.45) is 0 Å². The molecule has 14 nitrogen and oxygen atoms in total. The van der Waals surface area contributed by atoms with Gasteiger partial charge in [0.1, 0.15) is 23.0 Å². The minimum Gasteiger partial charge on any atom is -0.423 e. The average Bonchev–Trinajstić information content (AvgIpc) is 3.46. The van der Waals surface area contributed by atoms with E-state index in [0.717, 1.165) is 22.3 Å². The van der Waals surface area contributed by atoms with Crippen LogP contribution in [0.15, 0.2) is 122 Å². The maximum Gasteiger partial charge on any atom is 0.516 e. The summed E-state index contributed by atoms with van der Waals surface area (Å²) in [6.45, 7) is 5.74. The van der Waals surface area contributed by atoms with Crippen LogP contribution < -0.4 is 18.9 Å². The number of rotatable bonds is 14. The van der Waals surface area contributed by atoms with E-state index in [-0.39, 0.29) is 17.4 Å². The number of carbonyl (C=O) groups excluding carboxylic acids is 6. The van der Waals surface area contributed by atoms with Crippen LogP contribution in [0.1, 0.15) is 35.1 Å². The van der Waals surface area contributed by atoms with Crippen LogP contribution in [0.25, 0.3) is 23.3 Å². The predicted molar refractivity (Wildman–Crippen MR) is 198 cm³/mol. The first kappa shape index (κ1) is 41.3. The Morgan fingerprint density at radius 1 is 0.534 bits per heavy atom. The molecule has 0 atom stereocenters. The lowest BCUT2D eigenvalue weighted by Crippen LogP contribution is -2.15. The molecule has 0 aromatic heterocycles. The Hall–Kier alpha value is -7.88. The standard InChI is InChI=1S/C42H30F2O14/c1-24-35-20-31(55-37(45)18-8-27-4-10-29(11-5-27)57-41(49)53-22-51-39(47)25(2)43)14-16-33(35)34-17-15-32(21-36(24)34)56-38(46)19-9-28-6-12-30(13-7-28)58-42(50)54-23-52-40(48)26(3)44/h4-21,24H,2-3,22-23H2,1H3. The summed E-state index contributed by atoms with van der Waals surface area (Å²) in [5.74, 6) is -6.04. The molecule has 4 aromatic rings. The highest BCUT2D eigenvalue weighted by atomic mass is 19.1. The Kier molecular flexibility index (Phi) is 13.6. The molecule has 0 saturated carbocycles. The summed E-state index contributed by atoms with van der Waals surface area (Å²) in [4.78, 5) is 70.6. The van der Waals surface area contributed by atoms with Crippen LogP contribution in [-0.2, 0) is 38.1 Å². The molecule has 0 N–H and O–H groups in total. The summed E-state index contributed by atoms with van der Waals surface area (Å²) in [5, 5.41) is 0. The number of benzene rings is 4. The maximum absolute atomic E-state index is 12.6. The monoisotopic (exact) mass is 796 g/mol. The highest BCUT2D eigenvalue weighted by Gasteiger charge is 2.27. The summed E-state index contributed by atoms with van der Waals surface area (Å²) in [6.07, 6.45) is 3.04. The van der Waals surface area contributed by atoms with Gasteiger partial charge in [0.15, 0.2) is 0 Å². The first-order valence-corrected chi connectivity index (χ1v) is 16.8. The van der Waals surface area contributed by atoms with Crippen molar-refractivity contribution in [3.8, 4) is 34.1 Å². The Bertz CT molecular complexity index is 2170. The lowest BCUT2D eigenvalue weighted by molar-refractivity contribution is -0.150. The second kappa shape index (κ2) is 19.1. The predicted octanol–water partition coefficient (Wildman–Crippen LogP) is 8.06. The fourth-order valence-electron chi connectivity index (χ4n) is 5.18. The molecule has 4 aromatic carbocycles. The van der Waals surface area contributed by atoms with Crippen LogP contribution in [0.3, 0.4) is 0 Å². The Morgan fingerprint density at radius 3 is 1.26 bits per heavy atom. The number of carbonyl (C=O) groups is 6. The molecule has 0 heterocycles. The van der Waals surface area contributed by atoms with Gasteiger partial charge in [-0.2, -0.15) is 8.78 Å². The van der Waals surface area contributed by atoms with E-state index in [1.165, 1.54) is 48.6 Å². The summed E-state index contributed by atoms with van der Waals surface area (Å²) in [6, 6.07) is 22.5. The largest absolute Gasteiger partial charge is 0.516 e. The molecule has 16 heteroatoms. The molecule has 0 unspecified atom stereocenters. The quantitative estimate of drug-likeness (QED) is 0.0394. The third-order valence-electron chi connectivity index (χ3n) is 7.87. The van der Waals surface area contributed by atoms with Crippen molar-refractivity contribution in [3.05, 3.63) is 144 Å². The molecule has 5 rings (SSSR count). The third kappa shape index (κ3) is 11.6. The zero-order valence-corrected chi connectivity index (χ0v) is 30.3. The topological polar surface area (TPSA) is 176 Å². The molecular formula is C42H30F2O14. The van der Waals surface area contributed by atoms with Gasteiger partial charge in [-0.1, -0.05) is 56.5 Å². The van der Waals surface area contributed by atoms with Crippen molar-refractivity contribution in [1.29, 1.82) is 0 Å². The molecular weight excluding hydrogens is 766 g/mol. The molecule has 0 spiro atoms. The molecule has 1 aliphatic rings. The van der Waals surface area contributed by atoms with Gasteiger partial charge in [-0.15, -0.1) is 0 Å². The summed E-state index contributed by atoms with van der Waals surface area (Å²) in [7, 11) is 0. The van der Waals surface area contributed by atoms with Gasteiger partial charge in [0.25, 0.3) is 0 Å². The molecule has 58 heavy (non-hydrogen) atoms. The van der Waals surface area contributed by atoms with Crippen molar-refractivity contribution < 1.29 is 75.4 Å². The zero-order valence-electron chi connectivity index (χ0n) is 30.3. The first-order valence-electron chi connectivity index (χ1n) is 16.8. The van der Waals surface area contributed by atoms with E-state index in [9.17, 15) is 37.5 Å². The second-order valence-electron chi connectivity index (χ2n) is 11.8. The van der Waals surface area contributed by atoms with E-state index >= 15 is 0 Å². The normalized spacial score (nSPS) is 12.4. The fourth-order valence-corrected chi connectivity index (χ4v) is 5.18. The molecule has 0 amide bonds. The Labute approximate surface area is 328 Å². The van der Waals surface area contributed by atoms with Gasteiger partial charge in [-0.05, 0) is 94.1 Å². The van der Waals surface area contributed by atoms with Gasteiger partial charge in [-0.3, -0.25) is 0 Å². The lowest BCUT2D eigenvalue weighted by Gasteiger charge is -2.09. The van der Waals surface area contributed by atoms with E-state index in [2.05, 4.69) is 32.1 Å². The molecule has 296 valence electrons. The van der Waals surface area contributed by atoms with Crippen LogP contribution in [-0.4, -0.2) is 49.8 Å². The van der Waals surface area contributed by atoms with Crippen LogP contribution in [0.2, 0.25) is 0 Å². The van der Waals surface area contributed by atoms with Crippen molar-refractivity contribution in [2.45, 2.75) is 12.8 Å². The van der Waals surface area contributed by atoms with Gasteiger partial charge in [0.2, 0.25) is 25.2 Å². The minimum atomic E-state index is -1.37. The Balaban J connectivity index is 1.09. The van der Waals surface area contributed by atoms with Gasteiger partial charge < -0.3 is 37.9 Å². The number of hydrogen-bond donors (Lipinski definition) is 0. The number of esters is 4. The lowest BCUT2D eigenvalue weighted by atomic mass is 9.99. The number of halogens is 2. The fraction of sp³-hybridized carbons (Fsp3) is 0.0952. The second-order valence-corrected chi connectivity index (χ2v) is 11.8. The zero-order chi connectivity index (χ0) is 41.8. The average molecular weight is 797 g/mol. The smallest absolute Gasteiger partial charge is 0.423 e. The van der Waals surface area contributed by atoms with E-state index in [1.54, 1.807) is 48.5 Å². The van der Waals surface area contributed by atoms with Gasteiger partial charge in [0, 0.05) is 18.1 Å². The van der Waals surface area contributed by atoms with Crippen molar-refractivity contribution in [3.63, 3.8) is 0 Å². The van der Waals surface area contributed by atoms with Gasteiger partial charge >= 0.3 is 36.2 Å². The minimum absolute atomic E-state index is 0.0906. The number of hydrogen-bond acceptors (Lipinski definition) is 14. The van der Waals surface area contributed by atoms with Crippen molar-refractivity contribution >= 4 is 48.3 Å². The van der Waals surface area contributed by atoms with Crippen molar-refractivity contribution in [2.75, 3.05) is 13.6 Å². The molecule has 0 fully saturated rings. The van der Waals surface area contributed by atoms with Gasteiger partial charge in [0.05, 0.1) is 0 Å². The highest BCUT2D eigenvalue weighted by Crippen LogP contribution is 2.47. The molecule has 1 aliphatic carbocycles. The summed E-state index contributed by atoms with van der Waals surface area (Å²) in [5.41, 5.74) is 4.82. The van der Waals surface area contributed by atoms with E-state index < -0.39 is 61.4 Å². The van der Waals surface area contributed by atoms with Gasteiger partial charge in [-0.25, -0.2) is 28.8 Å². The van der Waals surface area contributed by atoms with Crippen LogP contribution >= 0.6 is 0 Å². The molecule has 0 radical (unpaired) electrons. The van der Waals surface area contributed by atoms with Crippen LogP contribution in [0.5, 0.6) is 23.0 Å². The highest BCUT2D eigenvalue weighted by molar-refractivity contribution is 5.90. The molecule has 0 aliphatic heterocycles. The van der Waals surface area contributed by atoms with Crippen LogP contribution in [0.4, 0.5) is 18.4 Å². The van der Waals surface area contributed by atoms with Crippen molar-refractivity contribution in [1.82, 2.24) is 0 Å². The summed E-state index contributed by atoms with van der Waals surface area (Å²) < 4.78 is 63.7. The van der Waals surface area contributed by atoms with E-state index in [0.29, 0.717) is 22.6 Å². The van der Waals surface area contributed by atoms with Crippen LogP contribution in [0, 0.1) is 0 Å². The van der Waals surface area contributed by atoms with E-state index in [4.69, 9.17) is 18.9 Å². The summed E-state index contributed by atoms with van der Waals surface area (Å²) >= 11 is 0. The number of ether oxygens (including phenoxy) is 8.